The lowest BCUT2D eigenvalue weighted by atomic mass is 10.0. The molecule has 1 saturated heterocycles. The molecule has 0 saturated carbocycles. The molecule has 2 rings (SSSR count). The van der Waals surface area contributed by atoms with E-state index in [1.807, 2.05) is 18.2 Å². The molecule has 0 spiro atoms. The van der Waals surface area contributed by atoms with Crippen LogP contribution in [0.25, 0.3) is 0 Å². The lowest BCUT2D eigenvalue weighted by Gasteiger charge is -2.26. The molecule has 118 valence electrons. The second-order valence-electron chi connectivity index (χ2n) is 5.51. The molecule has 21 heavy (non-hydrogen) atoms. The summed E-state index contributed by atoms with van der Waals surface area (Å²) in [4.78, 5) is 2.36. The van der Waals surface area contributed by atoms with Crippen molar-refractivity contribution in [2.75, 3.05) is 40.5 Å². The molecule has 5 heteroatoms. The van der Waals surface area contributed by atoms with Gasteiger partial charge in [-0.15, -0.1) is 0 Å². The van der Waals surface area contributed by atoms with Crippen molar-refractivity contribution in [2.45, 2.75) is 25.5 Å². The van der Waals surface area contributed by atoms with E-state index in [1.165, 1.54) is 0 Å². The lowest BCUT2D eigenvalue weighted by molar-refractivity contribution is 0.0669. The van der Waals surface area contributed by atoms with E-state index < -0.39 is 0 Å². The number of hydrogen-bond acceptors (Lipinski definition) is 5. The molecule has 1 aliphatic heterocycles. The minimum atomic E-state index is -0.111. The van der Waals surface area contributed by atoms with Crippen molar-refractivity contribution < 1.29 is 14.2 Å². The van der Waals surface area contributed by atoms with Gasteiger partial charge in [0.1, 0.15) is 11.5 Å². The number of benzene rings is 1. The number of ether oxygens (including phenoxy) is 3. The third-order valence-corrected chi connectivity index (χ3v) is 3.83. The summed E-state index contributed by atoms with van der Waals surface area (Å²) >= 11 is 0. The maximum atomic E-state index is 6.40. The van der Waals surface area contributed by atoms with Gasteiger partial charge in [0.2, 0.25) is 0 Å². The summed E-state index contributed by atoms with van der Waals surface area (Å²) in [7, 11) is 3.32. The Kier molecular flexibility index (Phi) is 5.85. The van der Waals surface area contributed by atoms with Gasteiger partial charge in [0, 0.05) is 37.8 Å². The number of methoxy groups -OCH3 is 2. The molecular weight excluding hydrogens is 268 g/mol. The Bertz CT molecular complexity index is 453. The Morgan fingerprint density at radius 2 is 2.19 bits per heavy atom. The van der Waals surface area contributed by atoms with Gasteiger partial charge in [0.15, 0.2) is 0 Å². The van der Waals surface area contributed by atoms with Crippen molar-refractivity contribution >= 4 is 0 Å². The smallest absolute Gasteiger partial charge is 0.123 e. The van der Waals surface area contributed by atoms with Gasteiger partial charge in [0.25, 0.3) is 0 Å². The first-order chi connectivity index (χ1) is 10.1. The lowest BCUT2D eigenvalue weighted by Crippen LogP contribution is -2.36. The van der Waals surface area contributed by atoms with Crippen molar-refractivity contribution in [2.24, 2.45) is 5.73 Å². The predicted octanol–water partition coefficient (Wildman–Crippen LogP) is 1.81. The Balaban J connectivity index is 2.09. The summed E-state index contributed by atoms with van der Waals surface area (Å²) in [6, 6.07) is 5.64. The van der Waals surface area contributed by atoms with Crippen LogP contribution in [0.5, 0.6) is 11.5 Å². The van der Waals surface area contributed by atoms with Crippen LogP contribution in [0.1, 0.15) is 24.9 Å². The zero-order valence-corrected chi connectivity index (χ0v) is 13.2. The average molecular weight is 294 g/mol. The fourth-order valence-electron chi connectivity index (χ4n) is 2.75. The zero-order chi connectivity index (χ0) is 15.2. The van der Waals surface area contributed by atoms with E-state index in [-0.39, 0.29) is 12.1 Å². The van der Waals surface area contributed by atoms with Gasteiger partial charge in [-0.3, -0.25) is 4.90 Å². The van der Waals surface area contributed by atoms with Crippen LogP contribution in [0.3, 0.4) is 0 Å². The topological polar surface area (TPSA) is 57.0 Å². The molecule has 0 amide bonds. The minimum absolute atomic E-state index is 0.111. The van der Waals surface area contributed by atoms with Crippen LogP contribution in [0, 0.1) is 0 Å². The van der Waals surface area contributed by atoms with Crippen LogP contribution in [0.2, 0.25) is 0 Å². The van der Waals surface area contributed by atoms with Crippen LogP contribution in [0.4, 0.5) is 0 Å². The number of hydrogen-bond donors (Lipinski definition) is 1. The van der Waals surface area contributed by atoms with Crippen molar-refractivity contribution in [3.63, 3.8) is 0 Å². The van der Waals surface area contributed by atoms with Crippen LogP contribution in [-0.4, -0.2) is 51.5 Å². The molecule has 1 aromatic carbocycles. The Hall–Kier alpha value is -1.30. The normalized spacial score (nSPS) is 21.6. The molecular formula is C16H26N2O3. The molecule has 1 aliphatic rings. The Labute approximate surface area is 127 Å². The maximum Gasteiger partial charge on any atom is 0.123 e. The van der Waals surface area contributed by atoms with Gasteiger partial charge < -0.3 is 19.9 Å². The summed E-state index contributed by atoms with van der Waals surface area (Å²) in [5, 5.41) is 0. The third kappa shape index (κ3) is 4.33. The van der Waals surface area contributed by atoms with Crippen LogP contribution >= 0.6 is 0 Å². The zero-order valence-electron chi connectivity index (χ0n) is 13.2. The molecule has 1 fully saturated rings. The monoisotopic (exact) mass is 294 g/mol. The van der Waals surface area contributed by atoms with Crippen LogP contribution in [-0.2, 0) is 4.74 Å². The number of rotatable bonds is 5. The second kappa shape index (κ2) is 7.64. The minimum Gasteiger partial charge on any atom is -0.497 e. The van der Waals surface area contributed by atoms with E-state index in [1.54, 1.807) is 14.2 Å². The molecule has 2 unspecified atom stereocenters. The highest BCUT2D eigenvalue weighted by Crippen LogP contribution is 2.29. The molecule has 2 atom stereocenters. The van der Waals surface area contributed by atoms with Crippen LogP contribution < -0.4 is 15.2 Å². The number of nitrogens with zero attached hydrogens (tertiary/aromatic N) is 1. The highest BCUT2D eigenvalue weighted by Gasteiger charge is 2.20. The summed E-state index contributed by atoms with van der Waals surface area (Å²) in [6.45, 7) is 5.66. The molecule has 0 radical (unpaired) electrons. The summed E-state index contributed by atoms with van der Waals surface area (Å²) in [5.74, 6) is 1.61. The van der Waals surface area contributed by atoms with Crippen molar-refractivity contribution in [3.05, 3.63) is 23.8 Å². The van der Waals surface area contributed by atoms with Crippen molar-refractivity contribution in [1.82, 2.24) is 4.90 Å². The summed E-state index contributed by atoms with van der Waals surface area (Å²) in [6.07, 6.45) is 1.30. The molecule has 1 heterocycles. The third-order valence-electron chi connectivity index (χ3n) is 3.83. The molecule has 5 nitrogen and oxygen atoms in total. The van der Waals surface area contributed by atoms with E-state index in [9.17, 15) is 0 Å². The average Bonchev–Trinajstić information content (AvgIpc) is 2.70. The Morgan fingerprint density at radius 1 is 1.38 bits per heavy atom. The van der Waals surface area contributed by atoms with E-state index in [0.717, 1.165) is 49.7 Å². The fourth-order valence-corrected chi connectivity index (χ4v) is 2.75. The first-order valence-corrected chi connectivity index (χ1v) is 7.45. The molecule has 0 aliphatic carbocycles. The van der Waals surface area contributed by atoms with Gasteiger partial charge in [-0.1, -0.05) is 0 Å². The maximum absolute atomic E-state index is 6.40. The fraction of sp³-hybridized carbons (Fsp3) is 0.625. The van der Waals surface area contributed by atoms with E-state index in [0.29, 0.717) is 0 Å². The van der Waals surface area contributed by atoms with E-state index in [4.69, 9.17) is 19.9 Å². The second-order valence-corrected chi connectivity index (χ2v) is 5.51. The van der Waals surface area contributed by atoms with Gasteiger partial charge in [-0.2, -0.15) is 0 Å². The van der Waals surface area contributed by atoms with Crippen molar-refractivity contribution in [1.29, 1.82) is 0 Å². The highest BCUT2D eigenvalue weighted by atomic mass is 16.5. The SMILES string of the molecule is COc1ccc(OC)c(C(N)CN2CCCOC(C)C2)c1. The largest absolute Gasteiger partial charge is 0.497 e. The summed E-state index contributed by atoms with van der Waals surface area (Å²) in [5.41, 5.74) is 7.39. The van der Waals surface area contributed by atoms with Gasteiger partial charge in [0.05, 0.1) is 20.3 Å². The van der Waals surface area contributed by atoms with E-state index in [2.05, 4.69) is 11.8 Å². The van der Waals surface area contributed by atoms with Crippen molar-refractivity contribution in [3.8, 4) is 11.5 Å². The van der Waals surface area contributed by atoms with Gasteiger partial charge >= 0.3 is 0 Å². The number of nitrogens with two attached hydrogens (primary N) is 1. The first-order valence-electron chi connectivity index (χ1n) is 7.45. The van der Waals surface area contributed by atoms with Crippen LogP contribution in [0.15, 0.2) is 18.2 Å². The standard InChI is InChI=1S/C16H26N2O3/c1-12-10-18(7-4-8-21-12)11-15(17)14-9-13(19-2)5-6-16(14)20-3/h5-6,9,12,15H,4,7-8,10-11,17H2,1-3H3. The molecule has 1 aromatic rings. The first kappa shape index (κ1) is 16.1. The summed E-state index contributed by atoms with van der Waals surface area (Å²) < 4.78 is 16.4. The molecule has 0 aromatic heterocycles. The quantitative estimate of drug-likeness (QED) is 0.897. The predicted molar refractivity (Wildman–Crippen MR) is 82.9 cm³/mol. The molecule has 0 bridgehead atoms. The molecule has 2 N–H and O–H groups in total. The van der Waals surface area contributed by atoms with Gasteiger partial charge in [-0.25, -0.2) is 0 Å². The highest BCUT2D eigenvalue weighted by molar-refractivity contribution is 5.42. The van der Waals surface area contributed by atoms with E-state index >= 15 is 0 Å². The Morgan fingerprint density at radius 3 is 2.90 bits per heavy atom. The van der Waals surface area contributed by atoms with Gasteiger partial charge in [-0.05, 0) is 31.5 Å².